The summed E-state index contributed by atoms with van der Waals surface area (Å²) in [6.45, 7) is 1.27. The number of nitrogens with zero attached hydrogens (tertiary/aromatic N) is 4. The molecule has 1 aliphatic carbocycles. The molecule has 2 amide bonds. The van der Waals surface area contributed by atoms with Crippen LogP contribution in [0.3, 0.4) is 0 Å². The zero-order valence-electron chi connectivity index (χ0n) is 14.5. The number of aromatic amines is 1. The van der Waals surface area contributed by atoms with Crippen molar-refractivity contribution in [2.75, 3.05) is 6.54 Å². The quantitative estimate of drug-likeness (QED) is 0.896. The second-order valence-corrected chi connectivity index (χ2v) is 7.12. The van der Waals surface area contributed by atoms with E-state index in [0.29, 0.717) is 12.6 Å². The molecule has 134 valence electrons. The molecular formula is C18H26N6O. The predicted molar refractivity (Wildman–Crippen MR) is 93.9 cm³/mol. The Morgan fingerprint density at radius 1 is 1.24 bits per heavy atom. The van der Waals surface area contributed by atoms with Crippen molar-refractivity contribution >= 4 is 6.03 Å². The van der Waals surface area contributed by atoms with Crippen LogP contribution in [0.2, 0.25) is 0 Å². The highest BCUT2D eigenvalue weighted by Gasteiger charge is 2.28. The molecule has 1 atom stereocenters. The Hall–Kier alpha value is -2.31. The second kappa shape index (κ2) is 7.29. The van der Waals surface area contributed by atoms with E-state index in [1.165, 1.54) is 25.7 Å². The molecule has 3 heterocycles. The van der Waals surface area contributed by atoms with Crippen LogP contribution in [-0.2, 0) is 6.54 Å². The average molecular weight is 342 g/mol. The summed E-state index contributed by atoms with van der Waals surface area (Å²) in [4.78, 5) is 14.6. The summed E-state index contributed by atoms with van der Waals surface area (Å²) in [5, 5.41) is 14.6. The van der Waals surface area contributed by atoms with Gasteiger partial charge in [0.15, 0.2) is 0 Å². The monoisotopic (exact) mass is 342 g/mol. The Kier molecular flexibility index (Phi) is 4.72. The third-order valence-corrected chi connectivity index (χ3v) is 5.45. The number of nitrogens with one attached hydrogen (secondary N) is 2. The average Bonchev–Trinajstić information content (AvgIpc) is 3.41. The van der Waals surface area contributed by atoms with Gasteiger partial charge in [-0.3, -0.25) is 9.78 Å². The number of rotatable bonds is 4. The van der Waals surface area contributed by atoms with Gasteiger partial charge in [0.2, 0.25) is 0 Å². The number of carbonyl (C=O) groups excluding carboxylic acids is 1. The van der Waals surface area contributed by atoms with Gasteiger partial charge in [-0.25, -0.2) is 4.79 Å². The van der Waals surface area contributed by atoms with Gasteiger partial charge >= 0.3 is 6.03 Å². The molecule has 2 N–H and O–H groups in total. The zero-order valence-corrected chi connectivity index (χ0v) is 14.5. The number of H-pyrrole nitrogens is 1. The predicted octanol–water partition coefficient (Wildman–Crippen LogP) is 3.16. The molecule has 0 spiro atoms. The van der Waals surface area contributed by atoms with Crippen molar-refractivity contribution in [1.82, 2.24) is 30.2 Å². The summed E-state index contributed by atoms with van der Waals surface area (Å²) in [6.07, 6.45) is 14.0. The molecule has 2 aliphatic rings. The number of urea groups is 1. The lowest BCUT2D eigenvalue weighted by Crippen LogP contribution is -2.44. The van der Waals surface area contributed by atoms with Crippen LogP contribution in [0.25, 0.3) is 0 Å². The summed E-state index contributed by atoms with van der Waals surface area (Å²) < 4.78 is 2.07. The fourth-order valence-electron chi connectivity index (χ4n) is 4.08. The van der Waals surface area contributed by atoms with Crippen molar-refractivity contribution in [2.24, 2.45) is 0 Å². The molecule has 0 radical (unpaired) electrons. The molecule has 25 heavy (non-hydrogen) atoms. The van der Waals surface area contributed by atoms with Gasteiger partial charge in [-0.05, 0) is 38.2 Å². The largest absolute Gasteiger partial charge is 0.332 e. The van der Waals surface area contributed by atoms with Crippen molar-refractivity contribution in [3.63, 3.8) is 0 Å². The summed E-state index contributed by atoms with van der Waals surface area (Å²) in [6, 6.07) is 2.66. The molecule has 1 saturated heterocycles. The van der Waals surface area contributed by atoms with E-state index in [1.807, 2.05) is 29.6 Å². The van der Waals surface area contributed by atoms with Crippen molar-refractivity contribution in [2.45, 2.75) is 63.6 Å². The summed E-state index contributed by atoms with van der Waals surface area (Å²) in [5.41, 5.74) is 2.01. The Balaban J connectivity index is 1.36. The van der Waals surface area contributed by atoms with E-state index < -0.39 is 0 Å². The first kappa shape index (κ1) is 16.2. The minimum Gasteiger partial charge on any atom is -0.332 e. The summed E-state index contributed by atoms with van der Waals surface area (Å²) in [5.74, 6) is 0. The Morgan fingerprint density at radius 3 is 2.88 bits per heavy atom. The van der Waals surface area contributed by atoms with E-state index in [1.54, 1.807) is 0 Å². The summed E-state index contributed by atoms with van der Waals surface area (Å²) >= 11 is 0. The minimum atomic E-state index is -0.0127. The number of piperidine rings is 1. The maximum absolute atomic E-state index is 12.7. The van der Waals surface area contributed by atoms with Crippen LogP contribution in [-0.4, -0.2) is 37.5 Å². The highest BCUT2D eigenvalue weighted by molar-refractivity contribution is 5.74. The van der Waals surface area contributed by atoms with Gasteiger partial charge in [-0.2, -0.15) is 10.2 Å². The molecule has 1 saturated carbocycles. The van der Waals surface area contributed by atoms with Crippen LogP contribution in [0.1, 0.15) is 68.3 Å². The van der Waals surface area contributed by atoms with Gasteiger partial charge < -0.3 is 10.2 Å². The normalized spacial score (nSPS) is 21.6. The van der Waals surface area contributed by atoms with E-state index in [9.17, 15) is 4.79 Å². The molecule has 1 aliphatic heterocycles. The molecule has 1 unspecified atom stereocenters. The van der Waals surface area contributed by atoms with E-state index in [-0.39, 0.29) is 12.1 Å². The molecule has 0 aromatic carbocycles. The second-order valence-electron chi connectivity index (χ2n) is 7.12. The number of likely N-dealkylation sites (tertiary alicyclic amines) is 1. The SMILES string of the molecule is O=C(NCc1ccn(C2CCCC2)n1)N1CCCCC1c1cn[nH]c1. The van der Waals surface area contributed by atoms with Crippen LogP contribution in [0.4, 0.5) is 4.79 Å². The first-order valence-electron chi connectivity index (χ1n) is 9.38. The van der Waals surface area contributed by atoms with Crippen LogP contribution in [0.5, 0.6) is 0 Å². The molecular weight excluding hydrogens is 316 g/mol. The van der Waals surface area contributed by atoms with Crippen molar-refractivity contribution in [1.29, 1.82) is 0 Å². The highest BCUT2D eigenvalue weighted by Crippen LogP contribution is 2.30. The molecule has 2 aromatic rings. The maximum Gasteiger partial charge on any atom is 0.318 e. The molecule has 0 bridgehead atoms. The molecule has 2 fully saturated rings. The Morgan fingerprint density at radius 2 is 2.08 bits per heavy atom. The van der Waals surface area contributed by atoms with Crippen LogP contribution >= 0.6 is 0 Å². The van der Waals surface area contributed by atoms with Gasteiger partial charge in [-0.1, -0.05) is 12.8 Å². The van der Waals surface area contributed by atoms with Crippen LogP contribution in [0.15, 0.2) is 24.7 Å². The van der Waals surface area contributed by atoms with E-state index in [2.05, 4.69) is 25.3 Å². The van der Waals surface area contributed by atoms with Gasteiger partial charge in [0.1, 0.15) is 0 Å². The number of hydrogen-bond donors (Lipinski definition) is 2. The maximum atomic E-state index is 12.7. The van der Waals surface area contributed by atoms with E-state index in [0.717, 1.165) is 37.1 Å². The summed E-state index contributed by atoms with van der Waals surface area (Å²) in [7, 11) is 0. The molecule has 7 nitrogen and oxygen atoms in total. The molecule has 4 rings (SSSR count). The lowest BCUT2D eigenvalue weighted by Gasteiger charge is -2.35. The van der Waals surface area contributed by atoms with Gasteiger partial charge in [0.05, 0.1) is 30.5 Å². The van der Waals surface area contributed by atoms with Crippen LogP contribution < -0.4 is 5.32 Å². The first-order chi connectivity index (χ1) is 12.3. The highest BCUT2D eigenvalue weighted by atomic mass is 16.2. The first-order valence-corrected chi connectivity index (χ1v) is 9.38. The van der Waals surface area contributed by atoms with Crippen molar-refractivity contribution < 1.29 is 4.79 Å². The third-order valence-electron chi connectivity index (χ3n) is 5.45. The Bertz CT molecular complexity index is 688. The van der Waals surface area contributed by atoms with Gasteiger partial charge in [0, 0.05) is 24.5 Å². The number of carbonyl (C=O) groups is 1. The van der Waals surface area contributed by atoms with Gasteiger partial charge in [0.25, 0.3) is 0 Å². The van der Waals surface area contributed by atoms with Crippen molar-refractivity contribution in [3.8, 4) is 0 Å². The zero-order chi connectivity index (χ0) is 17.1. The lowest BCUT2D eigenvalue weighted by atomic mass is 9.98. The number of amides is 2. The standard InChI is InChI=1S/C18H26N6O/c25-18(23-9-4-3-7-17(23)14-11-20-21-12-14)19-13-15-8-10-24(22-15)16-5-1-2-6-16/h8,10-12,16-17H,1-7,9,13H2,(H,19,25)(H,20,21). The topological polar surface area (TPSA) is 78.8 Å². The minimum absolute atomic E-state index is 0.0127. The molecule has 7 heteroatoms. The fraction of sp³-hybridized carbons (Fsp3) is 0.611. The number of aromatic nitrogens is 4. The van der Waals surface area contributed by atoms with Crippen molar-refractivity contribution in [3.05, 3.63) is 35.9 Å². The van der Waals surface area contributed by atoms with E-state index in [4.69, 9.17) is 0 Å². The fourth-order valence-corrected chi connectivity index (χ4v) is 4.08. The van der Waals surface area contributed by atoms with Gasteiger partial charge in [-0.15, -0.1) is 0 Å². The third kappa shape index (κ3) is 3.55. The Labute approximate surface area is 147 Å². The molecule has 2 aromatic heterocycles. The lowest BCUT2D eigenvalue weighted by molar-refractivity contribution is 0.151. The number of hydrogen-bond acceptors (Lipinski definition) is 3. The van der Waals surface area contributed by atoms with Crippen LogP contribution in [0, 0.1) is 0 Å². The van der Waals surface area contributed by atoms with E-state index >= 15 is 0 Å². The smallest absolute Gasteiger partial charge is 0.318 e.